The largest absolute Gasteiger partial charge is 0.490 e. The first-order chi connectivity index (χ1) is 15.6. The van der Waals surface area contributed by atoms with Gasteiger partial charge in [-0.1, -0.05) is 18.2 Å². The number of carbonyl (C=O) groups is 3. The van der Waals surface area contributed by atoms with E-state index in [9.17, 15) is 41.0 Å². The number of aromatic nitrogens is 1. The van der Waals surface area contributed by atoms with Crippen LogP contribution in [0.25, 0.3) is 10.9 Å². The van der Waals surface area contributed by atoms with Crippen LogP contribution in [0.15, 0.2) is 24.3 Å². The SMILES string of the molecule is CSCCC(N)C(=O)NC(Cc1c(C(F)(F)F)[nH]c2ccccc12)C(=O)O.O=C(O)C(F)(F)F. The lowest BCUT2D eigenvalue weighted by Crippen LogP contribution is -2.49. The van der Waals surface area contributed by atoms with Crippen LogP contribution in [0, 0.1) is 0 Å². The van der Waals surface area contributed by atoms with Crippen LogP contribution in [-0.4, -0.2) is 63.3 Å². The summed E-state index contributed by atoms with van der Waals surface area (Å²) in [6, 6.07) is 3.63. The number of carboxylic acids is 2. The molecule has 2 rings (SSSR count). The first kappa shape index (κ1) is 29.1. The van der Waals surface area contributed by atoms with Gasteiger partial charge in [0.1, 0.15) is 11.7 Å². The Bertz CT molecular complexity index is 1010. The molecule has 0 bridgehead atoms. The summed E-state index contributed by atoms with van der Waals surface area (Å²) in [5.41, 5.74) is 4.73. The summed E-state index contributed by atoms with van der Waals surface area (Å²) in [7, 11) is 0. The van der Waals surface area contributed by atoms with Gasteiger partial charge in [-0.05, 0) is 30.1 Å². The highest BCUT2D eigenvalue weighted by atomic mass is 32.2. The molecule has 0 aliphatic carbocycles. The van der Waals surface area contributed by atoms with Gasteiger partial charge in [-0.3, -0.25) is 4.79 Å². The summed E-state index contributed by atoms with van der Waals surface area (Å²) in [6.45, 7) is 0. The Kier molecular flexibility index (Phi) is 10.2. The number of nitrogens with two attached hydrogens (primary N) is 1. The molecule has 2 aromatic rings. The van der Waals surface area contributed by atoms with Gasteiger partial charge in [-0.15, -0.1) is 0 Å². The van der Waals surface area contributed by atoms with Crippen molar-refractivity contribution in [3.05, 3.63) is 35.5 Å². The average molecular weight is 517 g/mol. The van der Waals surface area contributed by atoms with Gasteiger partial charge >= 0.3 is 24.3 Å². The number of H-pyrrole nitrogens is 1. The van der Waals surface area contributed by atoms with Gasteiger partial charge in [0.15, 0.2) is 0 Å². The molecule has 2 unspecified atom stereocenters. The molecule has 0 radical (unpaired) electrons. The zero-order valence-corrected chi connectivity index (χ0v) is 18.3. The second-order valence-corrected chi connectivity index (χ2v) is 7.80. The van der Waals surface area contributed by atoms with Crippen molar-refractivity contribution in [1.82, 2.24) is 10.3 Å². The van der Waals surface area contributed by atoms with Crippen molar-refractivity contribution in [2.75, 3.05) is 12.0 Å². The summed E-state index contributed by atoms with van der Waals surface area (Å²) in [5, 5.41) is 19.0. The molecule has 1 aromatic carbocycles. The Morgan fingerprint density at radius 1 is 1.12 bits per heavy atom. The average Bonchev–Trinajstić information content (AvgIpc) is 3.10. The van der Waals surface area contributed by atoms with E-state index in [1.54, 1.807) is 12.1 Å². The smallest absolute Gasteiger partial charge is 0.480 e. The molecule has 34 heavy (non-hydrogen) atoms. The number of para-hydroxylation sites is 1. The highest BCUT2D eigenvalue weighted by Gasteiger charge is 2.39. The van der Waals surface area contributed by atoms with Crippen molar-refractivity contribution in [2.24, 2.45) is 5.73 Å². The number of alkyl halides is 6. The van der Waals surface area contributed by atoms with E-state index in [-0.39, 0.29) is 16.5 Å². The van der Waals surface area contributed by atoms with Crippen molar-refractivity contribution in [3.8, 4) is 0 Å². The monoisotopic (exact) mass is 517 g/mol. The van der Waals surface area contributed by atoms with E-state index >= 15 is 0 Å². The van der Waals surface area contributed by atoms with Gasteiger partial charge in [0.05, 0.1) is 6.04 Å². The number of thioether (sulfide) groups is 1. The second kappa shape index (κ2) is 12.0. The molecule has 2 atom stereocenters. The summed E-state index contributed by atoms with van der Waals surface area (Å²) in [5.74, 6) is -4.29. The number of amides is 1. The lowest BCUT2D eigenvalue weighted by molar-refractivity contribution is -0.192. The standard InChI is InChI=1S/C17H20F3N3O3S.C2HF3O2/c1-27-7-6-11(21)15(24)23-13(16(25)26)8-10-9-4-2-3-5-12(9)22-14(10)17(18,19)20;3-2(4,5)1(6)7/h2-5,11,13,22H,6-8,21H2,1H3,(H,23,24)(H,25,26);(H,6,7). The number of fused-ring (bicyclic) bond motifs is 1. The van der Waals surface area contributed by atoms with E-state index in [0.29, 0.717) is 12.2 Å². The molecule has 0 saturated heterocycles. The Balaban J connectivity index is 0.000000718. The van der Waals surface area contributed by atoms with Crippen LogP contribution in [0.4, 0.5) is 26.3 Å². The third kappa shape index (κ3) is 8.44. The number of carboxylic acid groups (broad SMARTS) is 2. The van der Waals surface area contributed by atoms with Gasteiger partial charge in [0.2, 0.25) is 5.91 Å². The van der Waals surface area contributed by atoms with Crippen molar-refractivity contribution in [3.63, 3.8) is 0 Å². The maximum Gasteiger partial charge on any atom is 0.490 e. The third-order valence-corrected chi connectivity index (χ3v) is 4.98. The molecule has 8 nitrogen and oxygen atoms in total. The van der Waals surface area contributed by atoms with Crippen LogP contribution >= 0.6 is 11.8 Å². The van der Waals surface area contributed by atoms with E-state index in [1.807, 2.05) is 6.26 Å². The number of carbonyl (C=O) groups excluding carboxylic acids is 1. The number of rotatable bonds is 8. The number of nitrogens with one attached hydrogen (secondary N) is 2. The van der Waals surface area contributed by atoms with E-state index in [0.717, 1.165) is 0 Å². The van der Waals surface area contributed by atoms with E-state index < -0.39 is 54.4 Å². The quantitative estimate of drug-likeness (QED) is 0.339. The fourth-order valence-corrected chi connectivity index (χ4v) is 3.20. The molecule has 15 heteroatoms. The molecule has 190 valence electrons. The summed E-state index contributed by atoms with van der Waals surface area (Å²) in [4.78, 5) is 34.8. The van der Waals surface area contributed by atoms with Gasteiger partial charge in [0.25, 0.3) is 0 Å². The van der Waals surface area contributed by atoms with E-state index in [2.05, 4.69) is 10.3 Å². The normalized spacial score (nSPS) is 13.5. The van der Waals surface area contributed by atoms with Crippen molar-refractivity contribution in [2.45, 2.75) is 37.3 Å². The first-order valence-corrected chi connectivity index (χ1v) is 10.7. The number of hydrogen-bond donors (Lipinski definition) is 5. The predicted molar refractivity (Wildman–Crippen MR) is 111 cm³/mol. The number of halogens is 6. The molecule has 1 heterocycles. The number of hydrogen-bond acceptors (Lipinski definition) is 5. The van der Waals surface area contributed by atoms with Crippen LogP contribution in [0.2, 0.25) is 0 Å². The van der Waals surface area contributed by atoms with Crippen molar-refractivity contribution in [1.29, 1.82) is 0 Å². The van der Waals surface area contributed by atoms with E-state index in [4.69, 9.17) is 15.6 Å². The maximum absolute atomic E-state index is 13.4. The lowest BCUT2D eigenvalue weighted by atomic mass is 10.0. The fraction of sp³-hybridized carbons (Fsp3) is 0.421. The summed E-state index contributed by atoms with van der Waals surface area (Å²) in [6.07, 6.45) is -8.12. The Labute approximate surface area is 192 Å². The van der Waals surface area contributed by atoms with Crippen LogP contribution < -0.4 is 11.1 Å². The lowest BCUT2D eigenvalue weighted by Gasteiger charge is -2.18. The molecular formula is C19H21F6N3O5S. The molecule has 1 amide bonds. The van der Waals surface area contributed by atoms with Crippen LogP contribution in [-0.2, 0) is 27.0 Å². The number of benzene rings is 1. The summed E-state index contributed by atoms with van der Waals surface area (Å²) >= 11 is 1.48. The molecule has 1 aromatic heterocycles. The van der Waals surface area contributed by atoms with Gasteiger partial charge in [-0.2, -0.15) is 38.1 Å². The predicted octanol–water partition coefficient (Wildman–Crippen LogP) is 3.01. The Morgan fingerprint density at radius 3 is 2.15 bits per heavy atom. The number of aromatic amines is 1. The van der Waals surface area contributed by atoms with Crippen LogP contribution in [0.3, 0.4) is 0 Å². The minimum atomic E-state index is -5.08. The van der Waals surface area contributed by atoms with Crippen LogP contribution in [0.1, 0.15) is 17.7 Å². The van der Waals surface area contributed by atoms with Gasteiger partial charge < -0.3 is 26.2 Å². The molecule has 0 spiro atoms. The molecule has 0 saturated carbocycles. The second-order valence-electron chi connectivity index (χ2n) is 6.82. The number of aliphatic carboxylic acids is 2. The highest BCUT2D eigenvalue weighted by molar-refractivity contribution is 7.98. The molecule has 6 N–H and O–H groups in total. The fourth-order valence-electron chi connectivity index (χ4n) is 2.71. The Morgan fingerprint density at radius 2 is 1.68 bits per heavy atom. The summed E-state index contributed by atoms with van der Waals surface area (Å²) < 4.78 is 71.9. The first-order valence-electron chi connectivity index (χ1n) is 9.34. The molecule has 0 aliphatic rings. The van der Waals surface area contributed by atoms with Gasteiger partial charge in [0, 0.05) is 17.3 Å². The topological polar surface area (TPSA) is 146 Å². The van der Waals surface area contributed by atoms with E-state index in [1.165, 1.54) is 23.9 Å². The highest BCUT2D eigenvalue weighted by Crippen LogP contribution is 2.36. The van der Waals surface area contributed by atoms with Crippen LogP contribution in [0.5, 0.6) is 0 Å². The van der Waals surface area contributed by atoms with Gasteiger partial charge in [-0.25, -0.2) is 9.59 Å². The molecular weight excluding hydrogens is 496 g/mol. The zero-order chi connectivity index (χ0) is 26.3. The molecule has 0 aliphatic heterocycles. The zero-order valence-electron chi connectivity index (χ0n) is 17.5. The minimum Gasteiger partial charge on any atom is -0.480 e. The Hall–Kier alpha value is -2.94. The van der Waals surface area contributed by atoms with Crippen molar-refractivity contribution < 1.29 is 50.9 Å². The minimum absolute atomic E-state index is 0.205. The molecule has 0 fully saturated rings. The third-order valence-electron chi connectivity index (χ3n) is 4.33. The maximum atomic E-state index is 13.4. The van der Waals surface area contributed by atoms with Crippen molar-refractivity contribution >= 4 is 40.5 Å².